The number of nitrogens with one attached hydrogen (secondary N) is 1. The first-order chi connectivity index (χ1) is 12.1. The Hall–Kier alpha value is -2.71. The number of hydrogen-bond acceptors (Lipinski definition) is 4. The molecule has 0 radical (unpaired) electrons. The summed E-state index contributed by atoms with van der Waals surface area (Å²) in [5.41, 5.74) is 1.79. The van der Waals surface area contributed by atoms with Gasteiger partial charge in [-0.2, -0.15) is 5.26 Å². The van der Waals surface area contributed by atoms with Gasteiger partial charge in [-0.05, 0) is 30.2 Å². The molecule has 0 bridgehead atoms. The van der Waals surface area contributed by atoms with E-state index in [4.69, 9.17) is 26.3 Å². The minimum atomic E-state index is -0.332. The van der Waals surface area contributed by atoms with Crippen LogP contribution in [0.4, 0.5) is 0 Å². The van der Waals surface area contributed by atoms with Gasteiger partial charge in [-0.1, -0.05) is 41.9 Å². The molecule has 1 amide bonds. The predicted molar refractivity (Wildman–Crippen MR) is 95.5 cm³/mol. The van der Waals surface area contributed by atoms with Gasteiger partial charge in [0, 0.05) is 6.54 Å². The summed E-state index contributed by atoms with van der Waals surface area (Å²) < 4.78 is 11.5. The third-order valence-electron chi connectivity index (χ3n) is 3.32. The van der Waals surface area contributed by atoms with Crippen LogP contribution in [0.5, 0.6) is 11.5 Å². The van der Waals surface area contributed by atoms with Gasteiger partial charge in [-0.15, -0.1) is 0 Å². The summed E-state index contributed by atoms with van der Waals surface area (Å²) in [6.07, 6.45) is -0.176. The van der Waals surface area contributed by atoms with Crippen LogP contribution in [0.25, 0.3) is 0 Å². The molecule has 1 N–H and O–H groups in total. The highest BCUT2D eigenvalue weighted by Crippen LogP contribution is 2.37. The molecule has 0 fully saturated rings. The van der Waals surface area contributed by atoms with Crippen LogP contribution in [0.15, 0.2) is 42.5 Å². The van der Waals surface area contributed by atoms with Crippen molar-refractivity contribution < 1.29 is 14.3 Å². The Bertz CT molecular complexity index is 757. The lowest BCUT2D eigenvalue weighted by Gasteiger charge is -2.15. The minimum absolute atomic E-state index is 0.176. The average Bonchev–Trinajstić information content (AvgIpc) is 2.61. The number of carbonyl (C=O) groups excluding carboxylic acids is 1. The van der Waals surface area contributed by atoms with Crippen molar-refractivity contribution >= 4 is 17.5 Å². The second-order valence-electron chi connectivity index (χ2n) is 5.22. The van der Waals surface area contributed by atoms with Gasteiger partial charge in [0.15, 0.2) is 11.5 Å². The fraction of sp³-hybridized carbons (Fsp3) is 0.263. The standard InChI is InChI=1S/C19H19ClN2O3/c1-2-24-17-11-15(12-22-18(23)8-9-21)10-16(20)19(17)25-13-14-6-4-3-5-7-14/h3-7,10-11H,2,8,12-13H2,1H3,(H,22,23). The van der Waals surface area contributed by atoms with E-state index in [0.29, 0.717) is 29.7 Å². The van der Waals surface area contributed by atoms with Crippen molar-refractivity contribution in [2.24, 2.45) is 0 Å². The summed E-state index contributed by atoms with van der Waals surface area (Å²) in [4.78, 5) is 11.4. The first kappa shape index (κ1) is 18.6. The number of carbonyl (C=O) groups is 1. The molecule has 6 heteroatoms. The minimum Gasteiger partial charge on any atom is -0.490 e. The lowest BCUT2D eigenvalue weighted by atomic mass is 10.2. The van der Waals surface area contributed by atoms with Crippen LogP contribution in [0.1, 0.15) is 24.5 Å². The van der Waals surface area contributed by atoms with Crippen molar-refractivity contribution in [3.05, 3.63) is 58.6 Å². The van der Waals surface area contributed by atoms with Crippen molar-refractivity contribution in [3.8, 4) is 17.6 Å². The van der Waals surface area contributed by atoms with Gasteiger partial charge in [0.2, 0.25) is 5.91 Å². The summed E-state index contributed by atoms with van der Waals surface area (Å²) >= 11 is 6.34. The zero-order chi connectivity index (χ0) is 18.1. The third-order valence-corrected chi connectivity index (χ3v) is 3.61. The highest BCUT2D eigenvalue weighted by Gasteiger charge is 2.13. The number of hydrogen-bond donors (Lipinski definition) is 1. The van der Waals surface area contributed by atoms with Crippen LogP contribution in [0.2, 0.25) is 5.02 Å². The maximum Gasteiger partial charge on any atom is 0.234 e. The van der Waals surface area contributed by atoms with Crippen molar-refractivity contribution in [2.45, 2.75) is 26.5 Å². The molecule has 2 rings (SSSR count). The Balaban J connectivity index is 2.13. The smallest absolute Gasteiger partial charge is 0.234 e. The van der Waals surface area contributed by atoms with Crippen molar-refractivity contribution in [3.63, 3.8) is 0 Å². The van der Waals surface area contributed by atoms with Gasteiger partial charge < -0.3 is 14.8 Å². The van der Waals surface area contributed by atoms with Gasteiger partial charge in [0.25, 0.3) is 0 Å². The van der Waals surface area contributed by atoms with Gasteiger partial charge in [-0.25, -0.2) is 0 Å². The molecule has 130 valence electrons. The van der Waals surface area contributed by atoms with Gasteiger partial charge in [-0.3, -0.25) is 4.79 Å². The number of nitriles is 1. The molecular formula is C19H19ClN2O3. The molecule has 25 heavy (non-hydrogen) atoms. The summed E-state index contributed by atoms with van der Waals surface area (Å²) in [6, 6.07) is 15.1. The van der Waals surface area contributed by atoms with E-state index >= 15 is 0 Å². The molecule has 0 aliphatic rings. The Morgan fingerprint density at radius 3 is 2.64 bits per heavy atom. The van der Waals surface area contributed by atoms with Crippen LogP contribution in [0.3, 0.4) is 0 Å². The molecule has 5 nitrogen and oxygen atoms in total. The van der Waals surface area contributed by atoms with E-state index in [1.807, 2.05) is 37.3 Å². The fourth-order valence-corrected chi connectivity index (χ4v) is 2.48. The Morgan fingerprint density at radius 2 is 1.96 bits per heavy atom. The first-order valence-corrected chi connectivity index (χ1v) is 8.27. The number of benzene rings is 2. The van der Waals surface area contributed by atoms with Gasteiger partial charge >= 0.3 is 0 Å². The number of halogens is 1. The van der Waals surface area contributed by atoms with E-state index in [1.54, 1.807) is 18.2 Å². The molecule has 2 aromatic carbocycles. The zero-order valence-corrected chi connectivity index (χ0v) is 14.7. The third kappa shape index (κ3) is 5.70. The molecular weight excluding hydrogens is 340 g/mol. The second-order valence-corrected chi connectivity index (χ2v) is 5.63. The van der Waals surface area contributed by atoms with E-state index in [0.717, 1.165) is 11.1 Å². The largest absolute Gasteiger partial charge is 0.490 e. The van der Waals surface area contributed by atoms with Crippen molar-refractivity contribution in [2.75, 3.05) is 6.61 Å². The quantitative estimate of drug-likeness (QED) is 0.778. The highest BCUT2D eigenvalue weighted by atomic mass is 35.5. The number of amides is 1. The van der Waals surface area contributed by atoms with E-state index < -0.39 is 0 Å². The Morgan fingerprint density at radius 1 is 1.20 bits per heavy atom. The predicted octanol–water partition coefficient (Wildman–Crippen LogP) is 3.85. The summed E-state index contributed by atoms with van der Waals surface area (Å²) in [7, 11) is 0. The Kier molecular flexibility index (Phi) is 7.12. The molecule has 0 saturated heterocycles. The number of nitrogens with zero attached hydrogens (tertiary/aromatic N) is 1. The molecule has 0 spiro atoms. The molecule has 0 saturated carbocycles. The lowest BCUT2D eigenvalue weighted by Crippen LogP contribution is -2.21. The molecule has 0 aliphatic carbocycles. The normalized spacial score (nSPS) is 9.96. The maximum atomic E-state index is 11.4. The highest BCUT2D eigenvalue weighted by molar-refractivity contribution is 6.32. The van der Waals surface area contributed by atoms with E-state index in [2.05, 4.69) is 5.32 Å². The van der Waals surface area contributed by atoms with Crippen LogP contribution in [0, 0.1) is 11.3 Å². The lowest BCUT2D eigenvalue weighted by molar-refractivity contribution is -0.120. The number of rotatable bonds is 8. The summed E-state index contributed by atoms with van der Waals surface area (Å²) in [5, 5.41) is 11.6. The number of ether oxygens (including phenoxy) is 2. The monoisotopic (exact) mass is 358 g/mol. The second kappa shape index (κ2) is 9.55. The first-order valence-electron chi connectivity index (χ1n) is 7.89. The van der Waals surface area contributed by atoms with Gasteiger partial charge in [0.05, 0.1) is 17.7 Å². The van der Waals surface area contributed by atoms with Crippen molar-refractivity contribution in [1.82, 2.24) is 5.32 Å². The molecule has 0 aromatic heterocycles. The van der Waals surface area contributed by atoms with Crippen LogP contribution < -0.4 is 14.8 Å². The molecule has 0 unspecified atom stereocenters. The van der Waals surface area contributed by atoms with E-state index in [9.17, 15) is 4.79 Å². The van der Waals surface area contributed by atoms with E-state index in [1.165, 1.54) is 0 Å². The maximum absolute atomic E-state index is 11.4. The zero-order valence-electron chi connectivity index (χ0n) is 13.9. The van der Waals surface area contributed by atoms with Crippen LogP contribution in [-0.2, 0) is 17.9 Å². The topological polar surface area (TPSA) is 71.3 Å². The molecule has 2 aromatic rings. The summed E-state index contributed by atoms with van der Waals surface area (Å²) in [5.74, 6) is 0.663. The van der Waals surface area contributed by atoms with Gasteiger partial charge in [0.1, 0.15) is 13.0 Å². The van der Waals surface area contributed by atoms with Crippen LogP contribution >= 0.6 is 11.6 Å². The SMILES string of the molecule is CCOc1cc(CNC(=O)CC#N)cc(Cl)c1OCc1ccccc1. The summed E-state index contributed by atoms with van der Waals surface area (Å²) in [6.45, 7) is 2.97. The average molecular weight is 359 g/mol. The molecule has 0 heterocycles. The fourth-order valence-electron chi connectivity index (χ4n) is 2.19. The van der Waals surface area contributed by atoms with Crippen LogP contribution in [-0.4, -0.2) is 12.5 Å². The van der Waals surface area contributed by atoms with E-state index in [-0.39, 0.29) is 18.9 Å². The Labute approximate surface area is 152 Å². The molecule has 0 aliphatic heterocycles. The van der Waals surface area contributed by atoms with Crippen molar-refractivity contribution in [1.29, 1.82) is 5.26 Å². The molecule has 0 atom stereocenters.